The molecule has 2 aromatic rings. The Morgan fingerprint density at radius 2 is 2.10 bits per heavy atom. The lowest BCUT2D eigenvalue weighted by Gasteiger charge is -2.09. The molecule has 0 saturated heterocycles. The Balaban J connectivity index is 2.32. The van der Waals surface area contributed by atoms with Crippen LogP contribution in [0.15, 0.2) is 35.1 Å². The highest BCUT2D eigenvalue weighted by atomic mass is 35.5. The number of aryl methyl sites for hydroxylation is 1. The van der Waals surface area contributed by atoms with Crippen LogP contribution < -0.4 is 10.9 Å². The monoisotopic (exact) mass is 307 g/mol. The van der Waals surface area contributed by atoms with Crippen molar-refractivity contribution in [2.45, 2.75) is 6.92 Å². The highest BCUT2D eigenvalue weighted by molar-refractivity contribution is 6.33. The summed E-state index contributed by atoms with van der Waals surface area (Å²) in [5.41, 5.74) is 0.260. The molecule has 0 fully saturated rings. The third-order valence-corrected chi connectivity index (χ3v) is 3.05. The number of nitrogens with one attached hydrogen (secondary N) is 2. The molecule has 0 unspecified atom stereocenters. The number of carbonyl (C=O) groups is 1. The van der Waals surface area contributed by atoms with Crippen molar-refractivity contribution in [3.05, 3.63) is 67.1 Å². The fourth-order valence-electron chi connectivity index (χ4n) is 1.71. The Labute approximate surface area is 123 Å². The largest absolute Gasteiger partial charge is 0.320 e. The molecule has 0 aliphatic rings. The van der Waals surface area contributed by atoms with E-state index in [-0.39, 0.29) is 16.4 Å². The van der Waals surface area contributed by atoms with Crippen molar-refractivity contribution in [2.24, 2.45) is 0 Å². The van der Waals surface area contributed by atoms with Crippen LogP contribution in [0.1, 0.15) is 16.1 Å². The lowest BCUT2D eigenvalue weighted by molar-refractivity contribution is -0.384. The first-order chi connectivity index (χ1) is 9.88. The summed E-state index contributed by atoms with van der Waals surface area (Å²) in [5.74, 6) is -0.541. The molecule has 1 amide bonds. The summed E-state index contributed by atoms with van der Waals surface area (Å²) in [6.45, 7) is 1.60. The van der Waals surface area contributed by atoms with Gasteiger partial charge in [-0.2, -0.15) is 0 Å². The summed E-state index contributed by atoms with van der Waals surface area (Å²) < 4.78 is 0. The average molecular weight is 308 g/mol. The van der Waals surface area contributed by atoms with Gasteiger partial charge in [0.1, 0.15) is 10.7 Å². The van der Waals surface area contributed by atoms with Gasteiger partial charge in [0.25, 0.3) is 11.6 Å². The van der Waals surface area contributed by atoms with E-state index in [1.54, 1.807) is 6.92 Å². The van der Waals surface area contributed by atoms with Crippen molar-refractivity contribution in [3.63, 3.8) is 0 Å². The first kappa shape index (κ1) is 14.7. The number of aromatic amines is 1. The van der Waals surface area contributed by atoms with Crippen molar-refractivity contribution < 1.29 is 9.72 Å². The molecule has 2 N–H and O–H groups in total. The third kappa shape index (κ3) is 3.26. The molecule has 0 spiro atoms. The Hall–Kier alpha value is -2.67. The van der Waals surface area contributed by atoms with Gasteiger partial charge in [-0.05, 0) is 24.6 Å². The van der Waals surface area contributed by atoms with Crippen LogP contribution in [0.3, 0.4) is 0 Å². The Bertz CT molecular complexity index is 785. The minimum absolute atomic E-state index is 0.0800. The number of hydrogen-bond acceptors (Lipinski definition) is 4. The van der Waals surface area contributed by atoms with Crippen LogP contribution in [0.2, 0.25) is 5.02 Å². The van der Waals surface area contributed by atoms with Crippen molar-refractivity contribution in [3.8, 4) is 0 Å². The molecule has 0 radical (unpaired) electrons. The lowest BCUT2D eigenvalue weighted by atomic mass is 10.1. The number of pyridine rings is 1. The van der Waals surface area contributed by atoms with Gasteiger partial charge in [-0.3, -0.25) is 19.7 Å². The predicted octanol–water partition coefficient (Wildman–Crippen LogP) is 2.50. The molecule has 0 atom stereocenters. The van der Waals surface area contributed by atoms with Gasteiger partial charge in [0.2, 0.25) is 5.56 Å². The van der Waals surface area contributed by atoms with Crippen molar-refractivity contribution in [1.29, 1.82) is 0 Å². The maximum atomic E-state index is 12.0. The number of nitro groups is 1. The molecule has 1 heterocycles. The molecule has 2 rings (SSSR count). The standard InChI is InChI=1S/C13H10ClN3O4/c1-7-5-11(17(20)21)8(14)6-10(7)16-13(19)9-3-2-4-12(18)15-9/h2-6H,1H3,(H,15,18)(H,16,19). The normalized spacial score (nSPS) is 10.2. The first-order valence-electron chi connectivity index (χ1n) is 5.83. The van der Waals surface area contributed by atoms with Gasteiger partial charge in [-0.1, -0.05) is 17.7 Å². The van der Waals surface area contributed by atoms with E-state index >= 15 is 0 Å². The summed E-state index contributed by atoms with van der Waals surface area (Å²) >= 11 is 5.80. The number of carbonyl (C=O) groups excluding carboxylic acids is 1. The fourth-order valence-corrected chi connectivity index (χ4v) is 1.94. The van der Waals surface area contributed by atoms with E-state index in [9.17, 15) is 19.7 Å². The molecule has 1 aromatic heterocycles. The second kappa shape index (κ2) is 5.76. The zero-order valence-electron chi connectivity index (χ0n) is 10.8. The number of halogens is 1. The summed E-state index contributed by atoms with van der Waals surface area (Å²) in [7, 11) is 0. The number of anilines is 1. The van der Waals surface area contributed by atoms with Gasteiger partial charge >= 0.3 is 0 Å². The van der Waals surface area contributed by atoms with Crippen LogP contribution in [0, 0.1) is 17.0 Å². The molecule has 108 valence electrons. The van der Waals surface area contributed by atoms with Crippen molar-refractivity contribution >= 4 is 28.9 Å². The van der Waals surface area contributed by atoms with Crippen LogP contribution in [0.4, 0.5) is 11.4 Å². The lowest BCUT2D eigenvalue weighted by Crippen LogP contribution is -2.18. The molecule has 0 aliphatic carbocycles. The Morgan fingerprint density at radius 1 is 1.38 bits per heavy atom. The van der Waals surface area contributed by atoms with Gasteiger partial charge in [0.15, 0.2) is 0 Å². The second-order valence-electron chi connectivity index (χ2n) is 4.26. The number of nitrogens with zero attached hydrogens (tertiary/aromatic N) is 1. The zero-order valence-corrected chi connectivity index (χ0v) is 11.6. The SMILES string of the molecule is Cc1cc([N+](=O)[O-])c(Cl)cc1NC(=O)c1cccc(=O)[nH]1. The third-order valence-electron chi connectivity index (χ3n) is 2.75. The summed E-state index contributed by atoms with van der Waals surface area (Å²) in [5, 5.41) is 13.2. The van der Waals surface area contributed by atoms with E-state index in [0.29, 0.717) is 11.3 Å². The van der Waals surface area contributed by atoms with Crippen molar-refractivity contribution in [2.75, 3.05) is 5.32 Å². The number of H-pyrrole nitrogens is 1. The molecular formula is C13H10ClN3O4. The molecule has 21 heavy (non-hydrogen) atoms. The maximum absolute atomic E-state index is 12.0. The highest BCUT2D eigenvalue weighted by Gasteiger charge is 2.16. The second-order valence-corrected chi connectivity index (χ2v) is 4.67. The van der Waals surface area contributed by atoms with Crippen LogP contribution in [-0.2, 0) is 0 Å². The quantitative estimate of drug-likeness (QED) is 0.671. The molecule has 7 nitrogen and oxygen atoms in total. The number of amides is 1. The predicted molar refractivity (Wildman–Crippen MR) is 77.9 cm³/mol. The van der Waals surface area contributed by atoms with Gasteiger partial charge in [-0.15, -0.1) is 0 Å². The van der Waals surface area contributed by atoms with Crippen LogP contribution in [0.25, 0.3) is 0 Å². The summed E-state index contributed by atoms with van der Waals surface area (Å²) in [4.78, 5) is 35.7. The van der Waals surface area contributed by atoms with Gasteiger partial charge in [0.05, 0.1) is 4.92 Å². The summed E-state index contributed by atoms with van der Waals surface area (Å²) in [6, 6.07) is 6.74. The van der Waals surface area contributed by atoms with Gasteiger partial charge in [0, 0.05) is 17.8 Å². The van der Waals surface area contributed by atoms with E-state index in [1.807, 2.05) is 0 Å². The molecule has 0 bridgehead atoms. The van der Waals surface area contributed by atoms with Gasteiger partial charge < -0.3 is 10.3 Å². The Kier molecular flexibility index (Phi) is 4.04. The highest BCUT2D eigenvalue weighted by Crippen LogP contribution is 2.30. The molecule has 1 aromatic carbocycles. The number of aromatic nitrogens is 1. The number of rotatable bonds is 3. The van der Waals surface area contributed by atoms with Gasteiger partial charge in [-0.25, -0.2) is 0 Å². The van der Waals surface area contributed by atoms with Crippen LogP contribution in [-0.4, -0.2) is 15.8 Å². The van der Waals surface area contributed by atoms with E-state index in [0.717, 1.165) is 0 Å². The number of benzene rings is 1. The topological polar surface area (TPSA) is 105 Å². The molecular weight excluding hydrogens is 298 g/mol. The number of nitro benzene ring substituents is 1. The molecule has 0 saturated carbocycles. The van der Waals surface area contributed by atoms with E-state index in [2.05, 4.69) is 10.3 Å². The average Bonchev–Trinajstić information content (AvgIpc) is 2.42. The molecule has 8 heteroatoms. The smallest absolute Gasteiger partial charge is 0.288 e. The van der Waals surface area contributed by atoms with Crippen LogP contribution in [0.5, 0.6) is 0 Å². The zero-order chi connectivity index (χ0) is 15.6. The van der Waals surface area contributed by atoms with Crippen molar-refractivity contribution in [1.82, 2.24) is 4.98 Å². The maximum Gasteiger partial charge on any atom is 0.288 e. The van der Waals surface area contributed by atoms with Crippen LogP contribution >= 0.6 is 11.6 Å². The first-order valence-corrected chi connectivity index (χ1v) is 6.21. The molecule has 0 aliphatic heterocycles. The van der Waals surface area contributed by atoms with E-state index < -0.39 is 16.4 Å². The number of hydrogen-bond donors (Lipinski definition) is 2. The summed E-state index contributed by atoms with van der Waals surface area (Å²) in [6.07, 6.45) is 0. The minimum atomic E-state index is -0.602. The minimum Gasteiger partial charge on any atom is -0.320 e. The Morgan fingerprint density at radius 3 is 2.71 bits per heavy atom. The fraction of sp³-hybridized carbons (Fsp3) is 0.0769. The van der Waals surface area contributed by atoms with E-state index in [4.69, 9.17) is 11.6 Å². The van der Waals surface area contributed by atoms with E-state index in [1.165, 1.54) is 30.3 Å².